The number of carbonyl (C=O) groups excluding carboxylic acids is 1. The van der Waals surface area contributed by atoms with E-state index in [0.717, 1.165) is 0 Å². The molecule has 100 valence electrons. The zero-order chi connectivity index (χ0) is 13.7. The van der Waals surface area contributed by atoms with Gasteiger partial charge in [-0.2, -0.15) is 0 Å². The Balaban J connectivity index is 2.77. The van der Waals surface area contributed by atoms with Gasteiger partial charge in [-0.15, -0.1) is 0 Å². The lowest BCUT2D eigenvalue weighted by Gasteiger charge is -2.19. The first-order valence-electron chi connectivity index (χ1n) is 5.63. The Labute approximate surface area is 105 Å². The second kappa shape index (κ2) is 6.23. The standard InChI is InChI=1S/C12H18N2O4/c1-2-18-10(16)6-9(15)12(17)7-4-3-5-8(13)11(7)14/h3-5,9,12,15,17H,2,6,13-14H2,1H3. The fraction of sp³-hybridized carbons (Fsp3) is 0.417. The van der Waals surface area contributed by atoms with Gasteiger partial charge in [0.1, 0.15) is 6.10 Å². The molecule has 0 amide bonds. The highest BCUT2D eigenvalue weighted by Crippen LogP contribution is 2.28. The predicted molar refractivity (Wildman–Crippen MR) is 67.5 cm³/mol. The highest BCUT2D eigenvalue weighted by Gasteiger charge is 2.24. The first-order chi connectivity index (χ1) is 8.47. The molecule has 0 aliphatic rings. The molecule has 2 unspecified atom stereocenters. The average molecular weight is 254 g/mol. The molecule has 6 N–H and O–H groups in total. The number of hydrogen-bond donors (Lipinski definition) is 4. The molecule has 0 heterocycles. The van der Waals surface area contributed by atoms with Gasteiger partial charge >= 0.3 is 5.97 Å². The third-order valence-electron chi connectivity index (χ3n) is 2.54. The Bertz CT molecular complexity index is 423. The number of aliphatic hydroxyl groups excluding tert-OH is 2. The molecule has 6 heteroatoms. The van der Waals surface area contributed by atoms with E-state index in [4.69, 9.17) is 11.5 Å². The van der Waals surface area contributed by atoms with Crippen molar-refractivity contribution < 1.29 is 19.7 Å². The van der Waals surface area contributed by atoms with E-state index in [9.17, 15) is 15.0 Å². The summed E-state index contributed by atoms with van der Waals surface area (Å²) in [5, 5.41) is 19.7. The predicted octanol–water partition coefficient (Wildman–Crippen LogP) is 0.199. The van der Waals surface area contributed by atoms with Gasteiger partial charge in [0.2, 0.25) is 0 Å². The van der Waals surface area contributed by atoms with E-state index in [1.54, 1.807) is 25.1 Å². The van der Waals surface area contributed by atoms with Crippen molar-refractivity contribution >= 4 is 17.3 Å². The first-order valence-corrected chi connectivity index (χ1v) is 5.63. The lowest BCUT2D eigenvalue weighted by atomic mass is 10.00. The topological polar surface area (TPSA) is 119 Å². The molecule has 0 aliphatic heterocycles. The number of anilines is 2. The minimum absolute atomic E-state index is 0.202. The van der Waals surface area contributed by atoms with E-state index in [0.29, 0.717) is 11.3 Å². The maximum atomic E-state index is 11.2. The van der Waals surface area contributed by atoms with Crippen molar-refractivity contribution in [1.82, 2.24) is 0 Å². The molecule has 0 spiro atoms. The van der Waals surface area contributed by atoms with E-state index in [1.165, 1.54) is 0 Å². The van der Waals surface area contributed by atoms with Crippen LogP contribution in [0.3, 0.4) is 0 Å². The molecule has 0 fully saturated rings. The molecule has 0 bridgehead atoms. The Morgan fingerprint density at radius 2 is 2.06 bits per heavy atom. The van der Waals surface area contributed by atoms with Crippen LogP contribution in [0.2, 0.25) is 0 Å². The van der Waals surface area contributed by atoms with Crippen molar-refractivity contribution in [3.63, 3.8) is 0 Å². The number of ether oxygens (including phenoxy) is 1. The first kappa shape index (κ1) is 14.3. The van der Waals surface area contributed by atoms with Crippen molar-refractivity contribution in [2.24, 2.45) is 0 Å². The van der Waals surface area contributed by atoms with Crippen LogP contribution >= 0.6 is 0 Å². The summed E-state index contributed by atoms with van der Waals surface area (Å²) in [6.45, 7) is 1.89. The maximum Gasteiger partial charge on any atom is 0.308 e. The van der Waals surface area contributed by atoms with Crippen LogP contribution in [-0.2, 0) is 9.53 Å². The lowest BCUT2D eigenvalue weighted by molar-refractivity contribution is -0.147. The molecule has 6 nitrogen and oxygen atoms in total. The summed E-state index contributed by atoms with van der Waals surface area (Å²) in [6.07, 6.45) is -2.87. The number of aliphatic hydroxyl groups is 2. The highest BCUT2D eigenvalue weighted by molar-refractivity contribution is 5.71. The fourth-order valence-electron chi connectivity index (χ4n) is 1.57. The van der Waals surface area contributed by atoms with Crippen molar-refractivity contribution in [3.05, 3.63) is 23.8 Å². The van der Waals surface area contributed by atoms with Gasteiger partial charge in [-0.05, 0) is 13.0 Å². The van der Waals surface area contributed by atoms with Gasteiger partial charge in [-0.25, -0.2) is 0 Å². The zero-order valence-electron chi connectivity index (χ0n) is 10.2. The van der Waals surface area contributed by atoms with E-state index in [2.05, 4.69) is 4.74 Å². The molecule has 1 aromatic rings. The number of esters is 1. The summed E-state index contributed by atoms with van der Waals surface area (Å²) in [4.78, 5) is 11.2. The van der Waals surface area contributed by atoms with E-state index >= 15 is 0 Å². The van der Waals surface area contributed by atoms with Crippen LogP contribution in [0.4, 0.5) is 11.4 Å². The summed E-state index contributed by atoms with van der Waals surface area (Å²) in [6, 6.07) is 4.75. The van der Waals surface area contributed by atoms with Crippen LogP contribution in [0, 0.1) is 0 Å². The number of carbonyl (C=O) groups is 1. The third-order valence-corrected chi connectivity index (χ3v) is 2.54. The molecule has 1 aromatic carbocycles. The molecule has 0 aromatic heterocycles. The van der Waals surface area contributed by atoms with Crippen LogP contribution in [0.25, 0.3) is 0 Å². The van der Waals surface area contributed by atoms with Crippen LogP contribution in [0.15, 0.2) is 18.2 Å². The van der Waals surface area contributed by atoms with Crippen LogP contribution in [0.1, 0.15) is 25.0 Å². The summed E-state index contributed by atoms with van der Waals surface area (Å²) in [7, 11) is 0. The molecule has 0 saturated heterocycles. The Kier molecular flexibility index (Phi) is 4.94. The highest BCUT2D eigenvalue weighted by atomic mass is 16.5. The Morgan fingerprint density at radius 1 is 1.39 bits per heavy atom. The van der Waals surface area contributed by atoms with Crippen molar-refractivity contribution in [2.45, 2.75) is 25.6 Å². The number of rotatable bonds is 5. The monoisotopic (exact) mass is 254 g/mol. The number of benzene rings is 1. The van der Waals surface area contributed by atoms with Gasteiger partial charge in [0, 0.05) is 5.56 Å². The second-order valence-electron chi connectivity index (χ2n) is 3.87. The third kappa shape index (κ3) is 3.35. The number of para-hydroxylation sites is 1. The van der Waals surface area contributed by atoms with Gasteiger partial charge < -0.3 is 26.4 Å². The van der Waals surface area contributed by atoms with E-state index < -0.39 is 18.2 Å². The largest absolute Gasteiger partial charge is 0.466 e. The van der Waals surface area contributed by atoms with Crippen molar-refractivity contribution in [3.8, 4) is 0 Å². The summed E-state index contributed by atoms with van der Waals surface area (Å²) in [5.41, 5.74) is 12.1. The van der Waals surface area contributed by atoms with Crippen LogP contribution < -0.4 is 11.5 Å². The number of nitrogens with two attached hydrogens (primary N) is 2. The van der Waals surface area contributed by atoms with E-state index in [-0.39, 0.29) is 18.7 Å². The van der Waals surface area contributed by atoms with Gasteiger partial charge in [-0.1, -0.05) is 12.1 Å². The smallest absolute Gasteiger partial charge is 0.308 e. The molecule has 1 rings (SSSR count). The molecular weight excluding hydrogens is 236 g/mol. The van der Waals surface area contributed by atoms with E-state index in [1.807, 2.05) is 0 Å². The Hall–Kier alpha value is -1.79. The SMILES string of the molecule is CCOC(=O)CC(O)C(O)c1cccc(N)c1N. The second-order valence-corrected chi connectivity index (χ2v) is 3.87. The quantitative estimate of drug-likeness (QED) is 0.440. The van der Waals surface area contributed by atoms with Crippen molar-refractivity contribution in [2.75, 3.05) is 18.1 Å². The normalized spacial score (nSPS) is 13.9. The zero-order valence-corrected chi connectivity index (χ0v) is 10.2. The van der Waals surface area contributed by atoms with Gasteiger partial charge in [0.25, 0.3) is 0 Å². The Morgan fingerprint density at radius 3 is 2.67 bits per heavy atom. The molecule has 2 atom stereocenters. The molecular formula is C12H18N2O4. The van der Waals surface area contributed by atoms with Gasteiger partial charge in [-0.3, -0.25) is 4.79 Å². The van der Waals surface area contributed by atoms with Crippen LogP contribution in [0.5, 0.6) is 0 Å². The fourth-order valence-corrected chi connectivity index (χ4v) is 1.57. The van der Waals surface area contributed by atoms with Gasteiger partial charge in [0.05, 0.1) is 30.5 Å². The number of nitrogen functional groups attached to an aromatic ring is 2. The molecule has 0 saturated carbocycles. The molecule has 0 radical (unpaired) electrons. The molecule has 0 aliphatic carbocycles. The summed E-state index contributed by atoms with van der Waals surface area (Å²) >= 11 is 0. The minimum atomic E-state index is -1.28. The van der Waals surface area contributed by atoms with Gasteiger partial charge in [0.15, 0.2) is 0 Å². The maximum absolute atomic E-state index is 11.2. The van der Waals surface area contributed by atoms with Crippen molar-refractivity contribution in [1.29, 1.82) is 0 Å². The summed E-state index contributed by atoms with van der Waals surface area (Å²) < 4.78 is 4.69. The van der Waals surface area contributed by atoms with Crippen LogP contribution in [-0.4, -0.2) is 28.9 Å². The number of hydrogen-bond acceptors (Lipinski definition) is 6. The lowest BCUT2D eigenvalue weighted by Crippen LogP contribution is -2.24. The minimum Gasteiger partial charge on any atom is -0.466 e. The molecule has 18 heavy (non-hydrogen) atoms. The summed E-state index contributed by atoms with van der Waals surface area (Å²) in [5.74, 6) is -0.577. The average Bonchev–Trinajstić information content (AvgIpc) is 2.32.